The van der Waals surface area contributed by atoms with Crippen molar-refractivity contribution in [2.45, 2.75) is 56.8 Å². The van der Waals surface area contributed by atoms with Crippen LogP contribution in [0.5, 0.6) is 0 Å². The number of likely N-dealkylation sites (tertiary alicyclic amines) is 1. The van der Waals surface area contributed by atoms with Crippen molar-refractivity contribution in [2.75, 3.05) is 13.1 Å². The summed E-state index contributed by atoms with van der Waals surface area (Å²) in [5.41, 5.74) is 3.91. The van der Waals surface area contributed by atoms with E-state index in [1.54, 1.807) is 6.20 Å². The maximum Gasteiger partial charge on any atom is 0.328 e. The smallest absolute Gasteiger partial charge is 0.305 e. The molecule has 2 aliphatic heterocycles. The van der Waals surface area contributed by atoms with Crippen LogP contribution >= 0.6 is 0 Å². The van der Waals surface area contributed by atoms with Gasteiger partial charge in [0.2, 0.25) is 0 Å². The summed E-state index contributed by atoms with van der Waals surface area (Å²) < 4.78 is 0. The van der Waals surface area contributed by atoms with E-state index < -0.39 is 5.54 Å². The summed E-state index contributed by atoms with van der Waals surface area (Å²) in [5.74, 6) is -0.0669. The molecule has 6 rings (SSSR count). The quantitative estimate of drug-likeness (QED) is 0.507. The van der Waals surface area contributed by atoms with Crippen LogP contribution in [-0.2, 0) is 30.7 Å². The first-order valence-corrected chi connectivity index (χ1v) is 13.0. The Morgan fingerprint density at radius 1 is 0.833 bits per heavy atom. The second-order valence-electron chi connectivity index (χ2n) is 10.3. The first kappa shape index (κ1) is 22.9. The molecule has 36 heavy (non-hydrogen) atoms. The number of carbonyl (C=O) groups excluding carboxylic acids is 2. The van der Waals surface area contributed by atoms with Gasteiger partial charge in [-0.2, -0.15) is 0 Å². The first-order chi connectivity index (χ1) is 17.6. The molecule has 1 unspecified atom stereocenters. The molecule has 0 saturated carbocycles. The SMILES string of the molecule is O=C1N(Cc2ccccn2)C(=O)C2(CCN(C3CCc4ccccc4C3)CC2)N1Cc1ccccc1. The summed E-state index contributed by atoms with van der Waals surface area (Å²) in [4.78, 5) is 37.9. The zero-order chi connectivity index (χ0) is 24.5. The Morgan fingerprint density at radius 3 is 2.31 bits per heavy atom. The van der Waals surface area contributed by atoms with E-state index in [0.29, 0.717) is 25.4 Å². The predicted molar refractivity (Wildman–Crippen MR) is 138 cm³/mol. The molecule has 3 heterocycles. The van der Waals surface area contributed by atoms with Crippen molar-refractivity contribution in [1.82, 2.24) is 19.7 Å². The number of hydrogen-bond acceptors (Lipinski definition) is 4. The Bertz CT molecular complexity index is 1240. The fraction of sp³-hybridized carbons (Fsp3) is 0.367. The average Bonchev–Trinajstić information content (AvgIpc) is 3.11. The lowest BCUT2D eigenvalue weighted by molar-refractivity contribution is -0.136. The maximum absolute atomic E-state index is 14.0. The molecular formula is C30H32N4O2. The molecular weight excluding hydrogens is 448 g/mol. The van der Waals surface area contributed by atoms with Crippen molar-refractivity contribution in [3.63, 3.8) is 0 Å². The van der Waals surface area contributed by atoms with Gasteiger partial charge in [-0.25, -0.2) is 4.79 Å². The topological polar surface area (TPSA) is 56.8 Å². The van der Waals surface area contributed by atoms with Crippen LogP contribution in [0.25, 0.3) is 0 Å². The van der Waals surface area contributed by atoms with Crippen molar-refractivity contribution in [3.8, 4) is 0 Å². The summed E-state index contributed by atoms with van der Waals surface area (Å²) in [6.07, 6.45) is 6.37. The van der Waals surface area contributed by atoms with Gasteiger partial charge >= 0.3 is 6.03 Å². The van der Waals surface area contributed by atoms with Crippen molar-refractivity contribution >= 4 is 11.9 Å². The van der Waals surface area contributed by atoms with E-state index in [-0.39, 0.29) is 18.5 Å². The summed E-state index contributed by atoms with van der Waals surface area (Å²) >= 11 is 0. The highest BCUT2D eigenvalue weighted by Crippen LogP contribution is 2.40. The number of aromatic nitrogens is 1. The highest BCUT2D eigenvalue weighted by molar-refractivity contribution is 6.07. The number of carbonyl (C=O) groups is 2. The van der Waals surface area contributed by atoms with E-state index in [4.69, 9.17) is 0 Å². The molecule has 6 heteroatoms. The number of imide groups is 1. The van der Waals surface area contributed by atoms with Crippen LogP contribution in [0.4, 0.5) is 4.79 Å². The molecule has 2 aromatic carbocycles. The molecule has 6 nitrogen and oxygen atoms in total. The maximum atomic E-state index is 14.0. The van der Waals surface area contributed by atoms with Gasteiger partial charge in [0.1, 0.15) is 5.54 Å². The zero-order valence-corrected chi connectivity index (χ0v) is 20.6. The van der Waals surface area contributed by atoms with Crippen LogP contribution in [0.2, 0.25) is 0 Å². The Morgan fingerprint density at radius 2 is 1.56 bits per heavy atom. The van der Waals surface area contributed by atoms with Gasteiger partial charge in [0.15, 0.2) is 0 Å². The van der Waals surface area contributed by atoms with Gasteiger partial charge in [0.25, 0.3) is 5.91 Å². The number of aryl methyl sites for hydroxylation is 1. The molecule has 0 bridgehead atoms. The number of piperidine rings is 1. The number of urea groups is 1. The minimum Gasteiger partial charge on any atom is -0.305 e. The minimum absolute atomic E-state index is 0.0669. The van der Waals surface area contributed by atoms with E-state index in [0.717, 1.165) is 43.6 Å². The van der Waals surface area contributed by atoms with Crippen molar-refractivity contribution < 1.29 is 9.59 Å². The average molecular weight is 481 g/mol. The van der Waals surface area contributed by atoms with E-state index >= 15 is 0 Å². The van der Waals surface area contributed by atoms with E-state index in [2.05, 4.69) is 34.1 Å². The summed E-state index contributed by atoms with van der Waals surface area (Å²) in [6.45, 7) is 2.32. The van der Waals surface area contributed by atoms with Gasteiger partial charge in [-0.05, 0) is 60.9 Å². The molecule has 1 atom stereocenters. The minimum atomic E-state index is -0.787. The van der Waals surface area contributed by atoms with Crippen LogP contribution in [0.3, 0.4) is 0 Å². The molecule has 0 N–H and O–H groups in total. The van der Waals surface area contributed by atoms with Crippen molar-refractivity contribution in [2.24, 2.45) is 0 Å². The molecule has 2 saturated heterocycles. The molecule has 3 amide bonds. The molecule has 1 aromatic heterocycles. The fourth-order valence-electron chi connectivity index (χ4n) is 6.29. The number of rotatable bonds is 5. The Kier molecular flexibility index (Phi) is 6.05. The van der Waals surface area contributed by atoms with E-state index in [9.17, 15) is 9.59 Å². The molecule has 1 aliphatic carbocycles. The number of nitrogens with zero attached hydrogens (tertiary/aromatic N) is 4. The number of hydrogen-bond donors (Lipinski definition) is 0. The highest BCUT2D eigenvalue weighted by Gasteiger charge is 2.58. The number of benzene rings is 2. The number of amides is 3. The summed E-state index contributed by atoms with van der Waals surface area (Å²) in [7, 11) is 0. The Labute approximate surface area is 212 Å². The number of fused-ring (bicyclic) bond motifs is 1. The third-order valence-electron chi connectivity index (χ3n) is 8.31. The lowest BCUT2D eigenvalue weighted by Gasteiger charge is -2.45. The largest absolute Gasteiger partial charge is 0.328 e. The van der Waals surface area contributed by atoms with Crippen LogP contribution in [0.1, 0.15) is 41.6 Å². The van der Waals surface area contributed by atoms with Crippen LogP contribution in [-0.4, -0.2) is 56.3 Å². The number of pyridine rings is 1. The Balaban J connectivity index is 1.24. The summed E-state index contributed by atoms with van der Waals surface area (Å²) in [5, 5.41) is 0. The third-order valence-corrected chi connectivity index (χ3v) is 8.31. The van der Waals surface area contributed by atoms with E-state index in [1.165, 1.54) is 16.0 Å². The molecule has 3 aromatic rings. The normalized spacial score (nSPS) is 21.7. The monoisotopic (exact) mass is 480 g/mol. The van der Waals surface area contributed by atoms with Gasteiger partial charge in [-0.1, -0.05) is 60.7 Å². The van der Waals surface area contributed by atoms with Gasteiger partial charge in [-0.3, -0.25) is 19.6 Å². The van der Waals surface area contributed by atoms with Gasteiger partial charge in [0.05, 0.1) is 12.2 Å². The molecule has 2 fully saturated rings. The molecule has 3 aliphatic rings. The predicted octanol–water partition coefficient (Wildman–Crippen LogP) is 4.44. The van der Waals surface area contributed by atoms with Crippen molar-refractivity contribution in [3.05, 3.63) is 101 Å². The lowest BCUT2D eigenvalue weighted by atomic mass is 9.82. The summed E-state index contributed by atoms with van der Waals surface area (Å²) in [6, 6.07) is 24.7. The first-order valence-electron chi connectivity index (χ1n) is 13.0. The fourth-order valence-corrected chi connectivity index (χ4v) is 6.29. The van der Waals surface area contributed by atoms with Crippen LogP contribution in [0.15, 0.2) is 79.0 Å². The van der Waals surface area contributed by atoms with Gasteiger partial charge in [-0.15, -0.1) is 0 Å². The lowest BCUT2D eigenvalue weighted by Crippen LogP contribution is -2.58. The Hall–Kier alpha value is -3.51. The molecule has 0 radical (unpaired) electrons. The zero-order valence-electron chi connectivity index (χ0n) is 20.6. The standard InChI is InChI=1S/C30H32N4O2/c35-28-30(15-18-32(19-16-30)27-14-13-24-10-4-5-11-25(24)20-27)34(21-23-8-2-1-3-9-23)29(36)33(28)22-26-12-6-7-17-31-26/h1-12,17,27H,13-16,18-22H2. The molecule has 184 valence electrons. The highest BCUT2D eigenvalue weighted by atomic mass is 16.2. The van der Waals surface area contributed by atoms with Gasteiger partial charge in [0, 0.05) is 31.9 Å². The second kappa shape index (κ2) is 9.51. The molecule has 1 spiro atoms. The van der Waals surface area contributed by atoms with Crippen molar-refractivity contribution in [1.29, 1.82) is 0 Å². The van der Waals surface area contributed by atoms with E-state index in [1.807, 2.05) is 53.4 Å². The third kappa shape index (κ3) is 4.09. The second-order valence-corrected chi connectivity index (χ2v) is 10.3. The van der Waals surface area contributed by atoms with Crippen LogP contribution in [0, 0.1) is 0 Å². The van der Waals surface area contributed by atoms with Crippen LogP contribution < -0.4 is 0 Å². The van der Waals surface area contributed by atoms with Gasteiger partial charge < -0.3 is 4.90 Å².